The van der Waals surface area contributed by atoms with E-state index >= 15 is 0 Å². The van der Waals surface area contributed by atoms with Crippen molar-refractivity contribution in [3.63, 3.8) is 0 Å². The third kappa shape index (κ3) is 2.48. The Morgan fingerprint density at radius 1 is 1.05 bits per heavy atom. The maximum Gasteiger partial charge on any atom is 0.323 e. The molecule has 22 heavy (non-hydrogen) atoms. The van der Waals surface area contributed by atoms with Crippen molar-refractivity contribution in [1.29, 1.82) is 0 Å². The number of hydrogen-bond donors (Lipinski definition) is 3. The van der Waals surface area contributed by atoms with Crippen LogP contribution in [0, 0.1) is 18.6 Å². The Kier molecular flexibility index (Phi) is 3.25. The third-order valence-corrected chi connectivity index (χ3v) is 3.29. The second kappa shape index (κ2) is 5.10. The molecule has 0 spiro atoms. The Morgan fingerprint density at radius 2 is 1.73 bits per heavy atom. The average Bonchev–Trinajstić information content (AvgIpc) is 2.81. The Labute approximate surface area is 123 Å². The van der Waals surface area contributed by atoms with Crippen molar-refractivity contribution in [3.05, 3.63) is 63.6 Å². The summed E-state index contributed by atoms with van der Waals surface area (Å²) in [7, 11) is 0. The first-order valence-corrected chi connectivity index (χ1v) is 6.43. The molecular weight excluding hydrogens is 292 g/mol. The van der Waals surface area contributed by atoms with Crippen molar-refractivity contribution in [1.82, 2.24) is 9.97 Å². The number of halogens is 2. The predicted octanol–water partition coefficient (Wildman–Crippen LogP) is 2.70. The van der Waals surface area contributed by atoms with Crippen LogP contribution < -0.4 is 11.0 Å². The summed E-state index contributed by atoms with van der Waals surface area (Å²) >= 11 is 0. The first-order chi connectivity index (χ1) is 10.4. The summed E-state index contributed by atoms with van der Waals surface area (Å²) in [6.45, 7) is 1.76. The number of aryl methyl sites for hydroxylation is 1. The Balaban J connectivity index is 1.94. The second-order valence-corrected chi connectivity index (χ2v) is 4.87. The van der Waals surface area contributed by atoms with Crippen LogP contribution in [-0.2, 0) is 0 Å². The van der Waals surface area contributed by atoms with Crippen molar-refractivity contribution in [3.8, 4) is 0 Å². The van der Waals surface area contributed by atoms with Gasteiger partial charge in [0.25, 0.3) is 5.91 Å². The molecule has 0 bridgehead atoms. The summed E-state index contributed by atoms with van der Waals surface area (Å²) in [5.74, 6) is -2.67. The van der Waals surface area contributed by atoms with Gasteiger partial charge in [-0.3, -0.25) is 4.79 Å². The van der Waals surface area contributed by atoms with E-state index < -0.39 is 17.5 Å². The van der Waals surface area contributed by atoms with Crippen molar-refractivity contribution in [2.24, 2.45) is 0 Å². The summed E-state index contributed by atoms with van der Waals surface area (Å²) in [6.07, 6.45) is 0. The molecule has 1 aromatic heterocycles. The van der Waals surface area contributed by atoms with Gasteiger partial charge in [0.15, 0.2) is 11.6 Å². The molecule has 0 saturated carbocycles. The number of amides is 1. The number of aromatic nitrogens is 2. The number of H-pyrrole nitrogens is 2. The normalized spacial score (nSPS) is 10.9. The molecule has 0 aliphatic rings. The van der Waals surface area contributed by atoms with Crippen LogP contribution in [0.25, 0.3) is 11.0 Å². The lowest BCUT2D eigenvalue weighted by atomic mass is 10.1. The number of anilines is 1. The number of benzene rings is 2. The molecule has 0 atom stereocenters. The van der Waals surface area contributed by atoms with Gasteiger partial charge >= 0.3 is 5.69 Å². The molecule has 3 N–H and O–H groups in total. The first kappa shape index (κ1) is 14.0. The number of hydrogen-bond acceptors (Lipinski definition) is 2. The maximum absolute atomic E-state index is 13.2. The topological polar surface area (TPSA) is 77.8 Å². The van der Waals surface area contributed by atoms with E-state index in [-0.39, 0.29) is 11.3 Å². The molecule has 0 radical (unpaired) electrons. The van der Waals surface area contributed by atoms with E-state index in [0.717, 1.165) is 17.7 Å². The van der Waals surface area contributed by atoms with Gasteiger partial charge in [-0.15, -0.1) is 0 Å². The fourth-order valence-corrected chi connectivity index (χ4v) is 2.16. The summed E-state index contributed by atoms with van der Waals surface area (Å²) in [4.78, 5) is 28.5. The molecule has 1 heterocycles. The lowest BCUT2D eigenvalue weighted by Gasteiger charge is -2.09. The van der Waals surface area contributed by atoms with Gasteiger partial charge in [-0.25, -0.2) is 13.6 Å². The van der Waals surface area contributed by atoms with Gasteiger partial charge < -0.3 is 15.3 Å². The average molecular weight is 303 g/mol. The van der Waals surface area contributed by atoms with E-state index in [1.165, 1.54) is 6.07 Å². The highest BCUT2D eigenvalue weighted by molar-refractivity contribution is 6.05. The fraction of sp³-hybridized carbons (Fsp3) is 0.0667. The fourth-order valence-electron chi connectivity index (χ4n) is 2.16. The van der Waals surface area contributed by atoms with Gasteiger partial charge in [0.05, 0.1) is 11.0 Å². The highest BCUT2D eigenvalue weighted by atomic mass is 19.2. The second-order valence-electron chi connectivity index (χ2n) is 4.87. The molecule has 3 rings (SSSR count). The van der Waals surface area contributed by atoms with Gasteiger partial charge in [-0.1, -0.05) is 0 Å². The van der Waals surface area contributed by atoms with Crippen molar-refractivity contribution in [2.45, 2.75) is 6.92 Å². The molecule has 5 nitrogen and oxygen atoms in total. The van der Waals surface area contributed by atoms with E-state index in [1.54, 1.807) is 19.1 Å². The lowest BCUT2D eigenvalue weighted by molar-refractivity contribution is 0.102. The number of aromatic amines is 2. The highest BCUT2D eigenvalue weighted by Crippen LogP contribution is 2.21. The van der Waals surface area contributed by atoms with Crippen molar-refractivity contribution < 1.29 is 13.6 Å². The molecule has 2 aromatic carbocycles. The van der Waals surface area contributed by atoms with Crippen LogP contribution in [0.2, 0.25) is 0 Å². The molecular formula is C15H11F2N3O2. The minimum atomic E-state index is -1.09. The number of fused-ring (bicyclic) bond motifs is 1. The van der Waals surface area contributed by atoms with E-state index in [1.807, 2.05) is 0 Å². The minimum Gasteiger partial charge on any atom is -0.322 e. The number of nitrogens with one attached hydrogen (secondary N) is 3. The monoisotopic (exact) mass is 303 g/mol. The lowest BCUT2D eigenvalue weighted by Crippen LogP contribution is -2.13. The molecule has 112 valence electrons. The van der Waals surface area contributed by atoms with Crippen molar-refractivity contribution in [2.75, 3.05) is 5.32 Å². The molecule has 1 amide bonds. The van der Waals surface area contributed by atoms with Crippen LogP contribution >= 0.6 is 0 Å². The van der Waals surface area contributed by atoms with Gasteiger partial charge in [-0.05, 0) is 42.8 Å². The van der Waals surface area contributed by atoms with Crippen LogP contribution in [0.15, 0.2) is 35.1 Å². The Bertz CT molecular complexity index is 944. The first-order valence-electron chi connectivity index (χ1n) is 6.43. The van der Waals surface area contributed by atoms with Gasteiger partial charge in [0, 0.05) is 11.3 Å². The zero-order valence-corrected chi connectivity index (χ0v) is 11.5. The smallest absolute Gasteiger partial charge is 0.322 e. The minimum absolute atomic E-state index is 0.000888. The van der Waals surface area contributed by atoms with Crippen LogP contribution in [0.5, 0.6) is 0 Å². The Morgan fingerprint density at radius 3 is 2.41 bits per heavy atom. The number of imidazole rings is 1. The Hall–Kier alpha value is -2.96. The van der Waals surface area contributed by atoms with Gasteiger partial charge in [0.2, 0.25) is 0 Å². The van der Waals surface area contributed by atoms with Crippen LogP contribution in [-0.4, -0.2) is 15.9 Å². The molecule has 7 heteroatoms. The zero-order chi connectivity index (χ0) is 15.9. The number of rotatable bonds is 2. The maximum atomic E-state index is 13.2. The molecule has 0 fully saturated rings. The number of carbonyl (C=O) groups excluding carboxylic acids is 1. The molecule has 0 aliphatic heterocycles. The summed E-state index contributed by atoms with van der Waals surface area (Å²) in [6, 6.07) is 6.22. The van der Waals surface area contributed by atoms with Crippen LogP contribution in [0.4, 0.5) is 14.5 Å². The van der Waals surface area contributed by atoms with Gasteiger partial charge in [0.1, 0.15) is 0 Å². The van der Waals surface area contributed by atoms with Crippen LogP contribution in [0.3, 0.4) is 0 Å². The van der Waals surface area contributed by atoms with Crippen molar-refractivity contribution >= 4 is 22.6 Å². The molecule has 3 aromatic rings. The quantitative estimate of drug-likeness (QED) is 0.680. The van der Waals surface area contributed by atoms with E-state index in [2.05, 4.69) is 15.3 Å². The zero-order valence-electron chi connectivity index (χ0n) is 11.5. The predicted molar refractivity (Wildman–Crippen MR) is 78.0 cm³/mol. The van der Waals surface area contributed by atoms with Crippen LogP contribution in [0.1, 0.15) is 15.9 Å². The number of carbonyl (C=O) groups is 1. The van der Waals surface area contributed by atoms with E-state index in [0.29, 0.717) is 16.7 Å². The summed E-state index contributed by atoms with van der Waals surface area (Å²) < 4.78 is 26.1. The molecule has 0 aliphatic carbocycles. The largest absolute Gasteiger partial charge is 0.323 e. The van der Waals surface area contributed by atoms with E-state index in [4.69, 9.17) is 0 Å². The molecule has 0 unspecified atom stereocenters. The summed E-state index contributed by atoms with van der Waals surface area (Å²) in [5, 5.41) is 2.61. The third-order valence-electron chi connectivity index (χ3n) is 3.29. The summed E-state index contributed by atoms with van der Waals surface area (Å²) in [5.41, 5.74) is 2.00. The molecule has 0 saturated heterocycles. The standard InChI is InChI=1S/C15H11F2N3O2/c1-7-4-12-13(20-15(22)19-12)6-11(7)18-14(21)8-2-3-9(16)10(17)5-8/h2-6H,1H3,(H,18,21)(H2,19,20,22). The highest BCUT2D eigenvalue weighted by Gasteiger charge is 2.12. The SMILES string of the molecule is Cc1cc2[nH]c(=O)[nH]c2cc1NC(=O)c1ccc(F)c(F)c1. The van der Waals surface area contributed by atoms with Gasteiger partial charge in [-0.2, -0.15) is 0 Å². The van der Waals surface area contributed by atoms with E-state index in [9.17, 15) is 18.4 Å².